The highest BCUT2D eigenvalue weighted by Gasteiger charge is 2.37. The van der Waals surface area contributed by atoms with E-state index >= 15 is 0 Å². The molecule has 0 atom stereocenters. The van der Waals surface area contributed by atoms with Crippen molar-refractivity contribution in [3.63, 3.8) is 0 Å². The fourth-order valence-electron chi connectivity index (χ4n) is 6.48. The lowest BCUT2D eigenvalue weighted by molar-refractivity contribution is 0.332. The monoisotopic (exact) mass is 515 g/mol. The van der Waals surface area contributed by atoms with E-state index in [1.54, 1.807) is 0 Å². The maximum atomic E-state index is 6.59. The molecule has 7 rings (SSSR count). The van der Waals surface area contributed by atoms with Gasteiger partial charge in [0.1, 0.15) is 0 Å². The van der Waals surface area contributed by atoms with E-state index in [9.17, 15) is 0 Å². The van der Waals surface area contributed by atoms with Gasteiger partial charge in [-0.25, -0.2) is 4.98 Å². The van der Waals surface area contributed by atoms with E-state index in [-0.39, 0.29) is 16.1 Å². The summed E-state index contributed by atoms with van der Waals surface area (Å²) >= 11 is 6.59. The molecule has 0 unspecified atom stereocenters. The molecule has 0 amide bonds. The first kappa shape index (κ1) is 23.5. The first-order valence-electron chi connectivity index (χ1n) is 13.4. The quantitative estimate of drug-likeness (QED) is 0.215. The number of hydrogen-bond acceptors (Lipinski definition) is 3. The van der Waals surface area contributed by atoms with E-state index in [1.165, 1.54) is 44.5 Å². The average Bonchev–Trinajstić information content (AvgIpc) is 2.89. The van der Waals surface area contributed by atoms with Crippen molar-refractivity contribution in [1.82, 2.24) is 15.0 Å². The molecule has 0 N–H and O–H groups in total. The number of rotatable bonds is 2. The third-order valence-corrected chi connectivity index (χ3v) is 8.99. The molecule has 1 heterocycles. The first-order valence-corrected chi connectivity index (χ1v) is 13.7. The number of nitrogens with zero attached hydrogens (tertiary/aromatic N) is 3. The fraction of sp³-hybridized carbons (Fsp3) is 0.265. The lowest BCUT2D eigenvalue weighted by Crippen LogP contribution is -2.34. The van der Waals surface area contributed by atoms with Gasteiger partial charge < -0.3 is 0 Å². The van der Waals surface area contributed by atoms with Crippen molar-refractivity contribution in [1.29, 1.82) is 0 Å². The summed E-state index contributed by atoms with van der Waals surface area (Å²) in [6.45, 7) is 11.5. The Morgan fingerprint density at radius 1 is 0.632 bits per heavy atom. The molecule has 0 saturated heterocycles. The molecule has 188 valence electrons. The second-order valence-corrected chi connectivity index (χ2v) is 12.5. The summed E-state index contributed by atoms with van der Waals surface area (Å²) in [6, 6.07) is 24.2. The van der Waals surface area contributed by atoms with E-state index in [0.29, 0.717) is 11.6 Å². The van der Waals surface area contributed by atoms with Crippen molar-refractivity contribution in [3.05, 3.63) is 88.7 Å². The van der Waals surface area contributed by atoms with Crippen molar-refractivity contribution in [3.8, 4) is 22.8 Å². The van der Waals surface area contributed by atoms with Crippen LogP contribution in [0.25, 0.3) is 55.1 Å². The molecule has 1 aromatic heterocycles. The number of halogens is 1. The smallest absolute Gasteiger partial charge is 0.208 e. The molecule has 1 aliphatic rings. The average molecular weight is 516 g/mol. The normalized spacial score (nSPS) is 16.4. The summed E-state index contributed by atoms with van der Waals surface area (Å²) in [6.07, 6.45) is 2.34. The molecule has 38 heavy (non-hydrogen) atoms. The van der Waals surface area contributed by atoms with Crippen LogP contribution in [-0.2, 0) is 10.8 Å². The van der Waals surface area contributed by atoms with Crippen molar-refractivity contribution >= 4 is 43.9 Å². The van der Waals surface area contributed by atoms with Crippen LogP contribution in [0.15, 0.2) is 66.7 Å². The molecule has 0 aliphatic heterocycles. The van der Waals surface area contributed by atoms with E-state index in [2.05, 4.69) is 111 Å². The number of fused-ring (bicyclic) bond motifs is 1. The van der Waals surface area contributed by atoms with Gasteiger partial charge in [-0.3, -0.25) is 0 Å². The van der Waals surface area contributed by atoms with Gasteiger partial charge in [-0.15, -0.1) is 0 Å². The van der Waals surface area contributed by atoms with Crippen LogP contribution in [-0.4, -0.2) is 15.0 Å². The van der Waals surface area contributed by atoms with Crippen LogP contribution in [0.1, 0.15) is 57.2 Å². The van der Waals surface area contributed by atoms with Gasteiger partial charge in [0.25, 0.3) is 0 Å². The first-order chi connectivity index (χ1) is 18.1. The number of benzene rings is 5. The Morgan fingerprint density at radius 3 is 1.87 bits per heavy atom. The van der Waals surface area contributed by atoms with Crippen molar-refractivity contribution in [2.75, 3.05) is 0 Å². The van der Waals surface area contributed by atoms with Gasteiger partial charge in [-0.05, 0) is 103 Å². The predicted molar refractivity (Wildman–Crippen MR) is 159 cm³/mol. The number of hydrogen-bond donors (Lipinski definition) is 0. The van der Waals surface area contributed by atoms with E-state index in [4.69, 9.17) is 16.6 Å². The minimum atomic E-state index is 0.0963. The highest BCUT2D eigenvalue weighted by molar-refractivity contribution is 6.28. The van der Waals surface area contributed by atoms with Crippen LogP contribution >= 0.6 is 11.6 Å². The van der Waals surface area contributed by atoms with Gasteiger partial charge in [0.05, 0.1) is 0 Å². The largest absolute Gasteiger partial charge is 0.226 e. The Balaban J connectivity index is 1.45. The van der Waals surface area contributed by atoms with Crippen LogP contribution in [0.2, 0.25) is 5.28 Å². The van der Waals surface area contributed by atoms with Crippen molar-refractivity contribution < 1.29 is 0 Å². The van der Waals surface area contributed by atoms with Crippen LogP contribution in [0.3, 0.4) is 0 Å². The van der Waals surface area contributed by atoms with Gasteiger partial charge in [-0.1, -0.05) is 82.3 Å². The maximum Gasteiger partial charge on any atom is 0.226 e. The molecule has 0 spiro atoms. The third kappa shape index (κ3) is 3.45. The molecule has 0 saturated carbocycles. The Morgan fingerprint density at radius 2 is 1.18 bits per heavy atom. The van der Waals surface area contributed by atoms with Gasteiger partial charge in [0.15, 0.2) is 11.6 Å². The Labute approximate surface area is 228 Å². The SMILES string of the molecule is Cc1cc2c(cc1-c1nc(Cl)nc(-c3ccc4ccc5cccc6ccc3c4c56)n1)C(C)(C)CCC2(C)C. The fourth-order valence-corrected chi connectivity index (χ4v) is 6.64. The molecule has 6 aromatic rings. The summed E-state index contributed by atoms with van der Waals surface area (Å²) in [4.78, 5) is 14.3. The molecular formula is C34H30ClN3. The number of aromatic nitrogens is 3. The van der Waals surface area contributed by atoms with E-state index in [1.807, 2.05) is 0 Å². The maximum absolute atomic E-state index is 6.59. The molecule has 0 fully saturated rings. The summed E-state index contributed by atoms with van der Waals surface area (Å²) < 4.78 is 0. The Bertz CT molecular complexity index is 1880. The summed E-state index contributed by atoms with van der Waals surface area (Å²) in [5.41, 5.74) is 6.23. The lowest BCUT2D eigenvalue weighted by atomic mass is 9.62. The van der Waals surface area contributed by atoms with Crippen molar-refractivity contribution in [2.45, 2.75) is 58.3 Å². The zero-order valence-electron chi connectivity index (χ0n) is 22.5. The van der Waals surface area contributed by atoms with Gasteiger partial charge in [-0.2, -0.15) is 9.97 Å². The third-order valence-electron chi connectivity index (χ3n) is 8.82. The standard InChI is InChI=1S/C34H30ClN3/c1-19-17-26-27(34(4,5)16-15-33(26,2)3)18-25(19)31-36-30(37-32(35)38-31)24-14-12-22-10-9-20-7-6-8-21-11-13-23(24)29(22)28(20)21/h6-14,17-18H,15-16H2,1-5H3. The summed E-state index contributed by atoms with van der Waals surface area (Å²) in [5.74, 6) is 1.24. The van der Waals surface area contributed by atoms with E-state index < -0.39 is 0 Å². The van der Waals surface area contributed by atoms with Crippen LogP contribution in [0.5, 0.6) is 0 Å². The van der Waals surface area contributed by atoms with Crippen LogP contribution in [0, 0.1) is 6.92 Å². The topological polar surface area (TPSA) is 38.7 Å². The highest BCUT2D eigenvalue weighted by atomic mass is 35.5. The summed E-state index contributed by atoms with van der Waals surface area (Å²) in [7, 11) is 0. The minimum Gasteiger partial charge on any atom is -0.208 e. The van der Waals surface area contributed by atoms with Crippen molar-refractivity contribution in [2.24, 2.45) is 0 Å². The predicted octanol–water partition coefficient (Wildman–Crippen LogP) is 9.41. The molecule has 0 bridgehead atoms. The molecule has 4 heteroatoms. The number of aryl methyl sites for hydroxylation is 1. The second-order valence-electron chi connectivity index (χ2n) is 12.2. The van der Waals surface area contributed by atoms with E-state index in [0.717, 1.165) is 28.5 Å². The zero-order chi connectivity index (χ0) is 26.4. The van der Waals surface area contributed by atoms with Gasteiger partial charge in [0, 0.05) is 11.1 Å². The molecular weight excluding hydrogens is 486 g/mol. The molecule has 1 aliphatic carbocycles. The Hall–Kier alpha value is -3.56. The highest BCUT2D eigenvalue weighted by Crippen LogP contribution is 2.47. The molecule has 0 radical (unpaired) electrons. The zero-order valence-corrected chi connectivity index (χ0v) is 23.2. The molecule has 3 nitrogen and oxygen atoms in total. The van der Waals surface area contributed by atoms with Gasteiger partial charge in [0.2, 0.25) is 5.28 Å². The molecule has 5 aromatic carbocycles. The van der Waals surface area contributed by atoms with Crippen LogP contribution in [0.4, 0.5) is 0 Å². The van der Waals surface area contributed by atoms with Crippen LogP contribution < -0.4 is 0 Å². The summed E-state index contributed by atoms with van der Waals surface area (Å²) in [5, 5.41) is 7.55. The minimum absolute atomic E-state index is 0.0963. The Kier molecular flexibility index (Phi) is 4.94. The van der Waals surface area contributed by atoms with Gasteiger partial charge >= 0.3 is 0 Å². The second kappa shape index (κ2) is 7.97. The lowest BCUT2D eigenvalue weighted by Gasteiger charge is -2.42.